The number of unbranched alkanes of at least 4 members (excludes halogenated alkanes) is 15. The standard InChI is InChI=1S/C33H61NO6/c1-2-3-4-5-6-7-8-9-10-11-12-13-14-15-16-17-18-19-20-27-34(28-21-24-31(35)36,29-22-25-32(37)38)30-23-26-33(39)40/h16-17H,2-15,18-30H2,1H3,(H2-,35,36,37,38,39,40)/b17-16+. The number of carbonyl (C=O) groups excluding carboxylic acids is 1. The first kappa shape index (κ1) is 38.1. The monoisotopic (exact) mass is 567 g/mol. The van der Waals surface area contributed by atoms with Crippen molar-refractivity contribution in [3.05, 3.63) is 12.2 Å². The molecule has 0 aliphatic rings. The van der Waals surface area contributed by atoms with Crippen molar-refractivity contribution >= 4 is 17.9 Å². The molecule has 0 unspecified atom stereocenters. The zero-order valence-electron chi connectivity index (χ0n) is 25.7. The van der Waals surface area contributed by atoms with Crippen molar-refractivity contribution in [2.75, 3.05) is 26.2 Å². The van der Waals surface area contributed by atoms with E-state index in [-0.39, 0.29) is 19.3 Å². The summed E-state index contributed by atoms with van der Waals surface area (Å²) >= 11 is 0. The van der Waals surface area contributed by atoms with Gasteiger partial charge in [-0.15, -0.1) is 0 Å². The highest BCUT2D eigenvalue weighted by molar-refractivity contribution is 5.66. The second-order valence-electron chi connectivity index (χ2n) is 11.7. The van der Waals surface area contributed by atoms with E-state index in [2.05, 4.69) is 19.1 Å². The number of carboxylic acids is 3. The highest BCUT2D eigenvalue weighted by Crippen LogP contribution is 2.18. The molecule has 0 atom stereocenters. The fourth-order valence-electron chi connectivity index (χ4n) is 5.59. The van der Waals surface area contributed by atoms with Gasteiger partial charge >= 0.3 is 11.9 Å². The summed E-state index contributed by atoms with van der Waals surface area (Å²) in [7, 11) is 0. The summed E-state index contributed by atoms with van der Waals surface area (Å²) < 4.78 is 0.594. The van der Waals surface area contributed by atoms with Crippen LogP contribution in [-0.4, -0.2) is 58.8 Å². The van der Waals surface area contributed by atoms with Crippen molar-refractivity contribution in [3.63, 3.8) is 0 Å². The van der Waals surface area contributed by atoms with Crippen LogP contribution in [0, 0.1) is 0 Å². The molecule has 0 saturated carbocycles. The third kappa shape index (κ3) is 26.3. The average molecular weight is 568 g/mol. The van der Waals surface area contributed by atoms with Crippen molar-refractivity contribution in [2.24, 2.45) is 0 Å². The quantitative estimate of drug-likeness (QED) is 0.0517. The number of rotatable bonds is 31. The van der Waals surface area contributed by atoms with Gasteiger partial charge in [-0.1, -0.05) is 96.1 Å². The van der Waals surface area contributed by atoms with Gasteiger partial charge < -0.3 is 24.6 Å². The predicted molar refractivity (Wildman–Crippen MR) is 161 cm³/mol. The van der Waals surface area contributed by atoms with Gasteiger partial charge in [0.2, 0.25) is 0 Å². The van der Waals surface area contributed by atoms with Gasteiger partial charge in [-0.2, -0.15) is 0 Å². The number of nitrogens with zero attached hydrogens (tertiary/aromatic N) is 1. The van der Waals surface area contributed by atoms with Crippen molar-refractivity contribution in [1.29, 1.82) is 0 Å². The van der Waals surface area contributed by atoms with E-state index in [4.69, 9.17) is 10.2 Å². The summed E-state index contributed by atoms with van der Waals surface area (Å²) in [6.45, 7) is 4.96. The molecule has 0 aliphatic heterocycles. The molecule has 0 saturated heterocycles. The highest BCUT2D eigenvalue weighted by atomic mass is 16.4. The third-order valence-corrected chi connectivity index (χ3v) is 7.95. The third-order valence-electron chi connectivity index (χ3n) is 7.95. The molecule has 0 aromatic heterocycles. The van der Waals surface area contributed by atoms with Crippen molar-refractivity contribution < 1.29 is 34.2 Å². The van der Waals surface area contributed by atoms with Gasteiger partial charge in [0.25, 0.3) is 0 Å². The Hall–Kier alpha value is -1.89. The summed E-state index contributed by atoms with van der Waals surface area (Å²) in [6, 6.07) is 0. The van der Waals surface area contributed by atoms with E-state index in [1.54, 1.807) is 0 Å². The van der Waals surface area contributed by atoms with Crippen LogP contribution in [0.1, 0.15) is 155 Å². The van der Waals surface area contributed by atoms with Gasteiger partial charge in [0.05, 0.1) is 39.0 Å². The van der Waals surface area contributed by atoms with Crippen LogP contribution >= 0.6 is 0 Å². The molecular formula is C33H61NO6. The first-order valence-electron chi connectivity index (χ1n) is 16.4. The zero-order chi connectivity index (χ0) is 29.7. The zero-order valence-corrected chi connectivity index (χ0v) is 25.7. The lowest BCUT2D eigenvalue weighted by Gasteiger charge is -2.39. The van der Waals surface area contributed by atoms with Crippen LogP contribution in [0.2, 0.25) is 0 Å². The molecule has 7 nitrogen and oxygen atoms in total. The minimum absolute atomic E-state index is 0.0280. The summed E-state index contributed by atoms with van der Waals surface area (Å²) in [5.41, 5.74) is 0. The SMILES string of the molecule is CCCCCCCCCCCCCCC/C=C/CCCC[N+](CCCC(=O)[O-])(CCCC(=O)O)CCCC(=O)O. The maximum absolute atomic E-state index is 11.1. The molecular weight excluding hydrogens is 506 g/mol. The fraction of sp³-hybridized carbons (Fsp3) is 0.848. The average Bonchev–Trinajstić information content (AvgIpc) is 2.89. The number of aliphatic carboxylic acids is 3. The molecule has 0 radical (unpaired) electrons. The lowest BCUT2D eigenvalue weighted by molar-refractivity contribution is -0.929. The van der Waals surface area contributed by atoms with Crippen LogP contribution < -0.4 is 5.11 Å². The first-order chi connectivity index (χ1) is 19.3. The summed E-state index contributed by atoms with van der Waals surface area (Å²) in [5, 5.41) is 29.1. The molecule has 0 heterocycles. The van der Waals surface area contributed by atoms with E-state index < -0.39 is 17.9 Å². The molecule has 0 aliphatic carbocycles. The van der Waals surface area contributed by atoms with Crippen LogP contribution in [0.25, 0.3) is 0 Å². The van der Waals surface area contributed by atoms with Gasteiger partial charge in [0, 0.05) is 25.2 Å². The van der Waals surface area contributed by atoms with Crippen LogP contribution in [0.4, 0.5) is 0 Å². The molecule has 0 fully saturated rings. The van der Waals surface area contributed by atoms with Gasteiger partial charge in [-0.25, -0.2) is 0 Å². The van der Waals surface area contributed by atoms with Crippen LogP contribution in [-0.2, 0) is 14.4 Å². The van der Waals surface area contributed by atoms with Gasteiger partial charge in [0.1, 0.15) is 0 Å². The Labute approximate surface area is 245 Å². The van der Waals surface area contributed by atoms with Crippen LogP contribution in [0.15, 0.2) is 12.2 Å². The molecule has 0 rings (SSSR count). The molecule has 40 heavy (non-hydrogen) atoms. The van der Waals surface area contributed by atoms with Crippen LogP contribution in [0.5, 0.6) is 0 Å². The molecule has 2 N–H and O–H groups in total. The van der Waals surface area contributed by atoms with Gasteiger partial charge in [-0.05, 0) is 38.5 Å². The molecule has 7 heteroatoms. The molecule has 234 valence electrons. The number of allylic oxidation sites excluding steroid dienone is 2. The van der Waals surface area contributed by atoms with E-state index in [9.17, 15) is 19.5 Å². The Morgan fingerprint density at radius 1 is 0.525 bits per heavy atom. The first-order valence-corrected chi connectivity index (χ1v) is 16.4. The second kappa shape index (κ2) is 27.3. The fourth-order valence-corrected chi connectivity index (χ4v) is 5.59. The lowest BCUT2D eigenvalue weighted by Crippen LogP contribution is -2.51. The van der Waals surface area contributed by atoms with E-state index >= 15 is 0 Å². The molecule has 0 amide bonds. The van der Waals surface area contributed by atoms with E-state index in [0.29, 0.717) is 43.4 Å². The lowest BCUT2D eigenvalue weighted by atomic mass is 10.0. The van der Waals surface area contributed by atoms with E-state index in [0.717, 1.165) is 32.2 Å². The van der Waals surface area contributed by atoms with Gasteiger partial charge in [0.15, 0.2) is 0 Å². The Bertz CT molecular complexity index is 613. The Balaban J connectivity index is 4.18. The minimum atomic E-state index is -1.08. The van der Waals surface area contributed by atoms with Crippen molar-refractivity contribution in [1.82, 2.24) is 0 Å². The summed E-state index contributed by atoms with van der Waals surface area (Å²) in [4.78, 5) is 33.1. The molecule has 0 aromatic rings. The highest BCUT2D eigenvalue weighted by Gasteiger charge is 2.26. The number of hydrogen-bond donors (Lipinski definition) is 2. The summed E-state index contributed by atoms with van der Waals surface area (Å²) in [5.74, 6) is -2.76. The maximum atomic E-state index is 11.1. The van der Waals surface area contributed by atoms with Crippen molar-refractivity contribution in [3.8, 4) is 0 Å². The largest absolute Gasteiger partial charge is 0.550 e. The Kier molecular flexibility index (Phi) is 26.0. The smallest absolute Gasteiger partial charge is 0.303 e. The molecule has 0 bridgehead atoms. The molecule has 0 aromatic carbocycles. The number of carboxylic acid groups (broad SMARTS) is 3. The Morgan fingerprint density at radius 2 is 0.875 bits per heavy atom. The normalized spacial score (nSPS) is 11.8. The Morgan fingerprint density at radius 3 is 1.27 bits per heavy atom. The number of hydrogen-bond acceptors (Lipinski definition) is 4. The van der Waals surface area contributed by atoms with Gasteiger partial charge in [-0.3, -0.25) is 9.59 Å². The predicted octanol–water partition coefficient (Wildman–Crippen LogP) is 7.27. The summed E-state index contributed by atoms with van der Waals surface area (Å²) in [6.07, 6.45) is 28.0. The second-order valence-corrected chi connectivity index (χ2v) is 11.7. The molecule has 0 spiro atoms. The van der Waals surface area contributed by atoms with Crippen LogP contribution in [0.3, 0.4) is 0 Å². The number of quaternary nitrogens is 1. The van der Waals surface area contributed by atoms with E-state index in [1.165, 1.54) is 83.5 Å². The topological polar surface area (TPSA) is 115 Å². The minimum Gasteiger partial charge on any atom is -0.550 e. The number of carbonyl (C=O) groups is 3. The van der Waals surface area contributed by atoms with Crippen molar-refractivity contribution in [2.45, 2.75) is 155 Å². The maximum Gasteiger partial charge on any atom is 0.303 e. The van der Waals surface area contributed by atoms with E-state index in [1.807, 2.05) is 0 Å².